The number of benzene rings is 2. The molecule has 0 aliphatic carbocycles. The molecule has 0 saturated carbocycles. The fourth-order valence-electron chi connectivity index (χ4n) is 4.43. The van der Waals surface area contributed by atoms with Gasteiger partial charge in [0.2, 0.25) is 15.9 Å². The van der Waals surface area contributed by atoms with Crippen LogP contribution in [0.3, 0.4) is 0 Å². The molecule has 0 radical (unpaired) electrons. The molecule has 3 rings (SSSR count). The summed E-state index contributed by atoms with van der Waals surface area (Å²) in [6.07, 6.45) is -8.65. The van der Waals surface area contributed by atoms with Crippen molar-refractivity contribution < 1.29 is 52.7 Å². The number of sulfonamides is 1. The van der Waals surface area contributed by atoms with Crippen molar-refractivity contribution in [3.63, 3.8) is 0 Å². The Hall–Kier alpha value is -2.85. The largest absolute Gasteiger partial charge is 0.493 e. The molecule has 0 aromatic heterocycles. The third-order valence-electron chi connectivity index (χ3n) is 6.79. The van der Waals surface area contributed by atoms with Crippen LogP contribution >= 0.6 is 0 Å². The predicted octanol–water partition coefficient (Wildman–Crippen LogP) is 4.85. The molecule has 42 heavy (non-hydrogen) atoms. The highest BCUT2D eigenvalue weighted by Crippen LogP contribution is 2.40. The first kappa shape index (κ1) is 33.6. The Bertz CT molecular complexity index is 1510. The van der Waals surface area contributed by atoms with Crippen LogP contribution in [0.2, 0.25) is 0 Å². The normalized spacial score (nSPS) is 16.0. The first-order valence-corrected chi connectivity index (χ1v) is 16.0. The fraction of sp³-hybridized carbons (Fsp3) is 0.500. The zero-order valence-corrected chi connectivity index (χ0v) is 24.6. The van der Waals surface area contributed by atoms with Gasteiger partial charge in [-0.25, -0.2) is 16.8 Å². The Labute approximate surface area is 240 Å². The number of alkyl halides is 6. The van der Waals surface area contributed by atoms with E-state index in [1.807, 2.05) is 0 Å². The second kappa shape index (κ2) is 12.0. The SMILES string of the molecule is CC(C)(CCCOc1cc(C(F)(F)F)ccc1C(F)(F)F)C(=O)N1CCN(S(=O)(=O)c2cccc(S(C)(=O)=O)c2)CC1. The number of halogens is 6. The van der Waals surface area contributed by atoms with Crippen molar-refractivity contribution in [1.29, 1.82) is 0 Å². The quantitative estimate of drug-likeness (QED) is 0.286. The molecule has 0 bridgehead atoms. The van der Waals surface area contributed by atoms with Gasteiger partial charge in [0, 0.05) is 37.8 Å². The average molecular weight is 645 g/mol. The monoisotopic (exact) mass is 644 g/mol. The zero-order chi connectivity index (χ0) is 31.7. The number of piperazine rings is 1. The molecule has 0 N–H and O–H groups in total. The summed E-state index contributed by atoms with van der Waals surface area (Å²) in [7, 11) is -7.67. The van der Waals surface area contributed by atoms with Crippen LogP contribution in [0.1, 0.15) is 37.8 Å². The van der Waals surface area contributed by atoms with E-state index in [9.17, 15) is 48.0 Å². The number of carbonyl (C=O) groups excluding carboxylic acids is 1. The predicted molar refractivity (Wildman–Crippen MR) is 140 cm³/mol. The van der Waals surface area contributed by atoms with Crippen LogP contribution in [0.15, 0.2) is 52.3 Å². The molecular weight excluding hydrogens is 614 g/mol. The molecule has 1 heterocycles. The van der Waals surface area contributed by atoms with Gasteiger partial charge in [0.25, 0.3) is 0 Å². The first-order valence-electron chi connectivity index (χ1n) is 12.6. The minimum absolute atomic E-state index is 0.0446. The molecule has 0 unspecified atom stereocenters. The number of amides is 1. The lowest BCUT2D eigenvalue weighted by molar-refractivity contribution is -0.142. The molecule has 0 atom stereocenters. The van der Waals surface area contributed by atoms with E-state index in [1.54, 1.807) is 13.8 Å². The Morgan fingerprint density at radius 3 is 2.00 bits per heavy atom. The van der Waals surface area contributed by atoms with E-state index in [1.165, 1.54) is 23.1 Å². The number of carbonyl (C=O) groups is 1. The molecule has 1 aliphatic rings. The van der Waals surface area contributed by atoms with Gasteiger partial charge < -0.3 is 9.64 Å². The molecule has 0 spiro atoms. The highest BCUT2D eigenvalue weighted by atomic mass is 32.2. The first-order chi connectivity index (χ1) is 19.1. The highest BCUT2D eigenvalue weighted by molar-refractivity contribution is 7.91. The fourth-order valence-corrected chi connectivity index (χ4v) is 6.64. The highest BCUT2D eigenvalue weighted by Gasteiger charge is 2.39. The third kappa shape index (κ3) is 7.95. The lowest BCUT2D eigenvalue weighted by Crippen LogP contribution is -2.53. The Balaban J connectivity index is 1.59. The van der Waals surface area contributed by atoms with Crippen LogP contribution < -0.4 is 4.74 Å². The Kier molecular flexibility index (Phi) is 9.64. The maximum atomic E-state index is 13.3. The van der Waals surface area contributed by atoms with Crippen molar-refractivity contribution in [2.75, 3.05) is 39.0 Å². The van der Waals surface area contributed by atoms with Gasteiger partial charge in [-0.05, 0) is 49.2 Å². The van der Waals surface area contributed by atoms with E-state index in [-0.39, 0.29) is 61.3 Å². The summed E-state index contributed by atoms with van der Waals surface area (Å²) >= 11 is 0. The number of sulfone groups is 1. The van der Waals surface area contributed by atoms with Crippen LogP contribution in [-0.4, -0.2) is 71.0 Å². The number of ether oxygens (including phenoxy) is 1. The number of hydrogen-bond donors (Lipinski definition) is 0. The lowest BCUT2D eigenvalue weighted by Gasteiger charge is -2.38. The molecular formula is C26H30F6N2O6S2. The summed E-state index contributed by atoms with van der Waals surface area (Å²) in [6, 6.07) is 5.90. The van der Waals surface area contributed by atoms with E-state index in [0.717, 1.165) is 16.6 Å². The molecule has 1 fully saturated rings. The van der Waals surface area contributed by atoms with E-state index in [4.69, 9.17) is 4.74 Å². The van der Waals surface area contributed by atoms with Gasteiger partial charge in [-0.2, -0.15) is 30.6 Å². The van der Waals surface area contributed by atoms with Crippen LogP contribution in [0.25, 0.3) is 0 Å². The van der Waals surface area contributed by atoms with Crippen molar-refractivity contribution >= 4 is 25.8 Å². The lowest BCUT2D eigenvalue weighted by atomic mass is 9.86. The van der Waals surface area contributed by atoms with E-state index in [2.05, 4.69) is 0 Å². The molecule has 2 aromatic rings. The number of rotatable bonds is 9. The second-order valence-electron chi connectivity index (χ2n) is 10.5. The smallest absolute Gasteiger partial charge is 0.419 e. The topological polar surface area (TPSA) is 101 Å². The van der Waals surface area contributed by atoms with Crippen LogP contribution in [0.5, 0.6) is 5.75 Å². The summed E-state index contributed by atoms with van der Waals surface area (Å²) < 4.78 is 135. The maximum absolute atomic E-state index is 13.3. The second-order valence-corrected chi connectivity index (χ2v) is 14.4. The van der Waals surface area contributed by atoms with Gasteiger partial charge in [-0.1, -0.05) is 19.9 Å². The van der Waals surface area contributed by atoms with Gasteiger partial charge in [0.05, 0.1) is 27.5 Å². The summed E-state index contributed by atoms with van der Waals surface area (Å²) in [6.45, 7) is 2.81. The number of nitrogens with zero attached hydrogens (tertiary/aromatic N) is 2. The minimum Gasteiger partial charge on any atom is -0.493 e. The van der Waals surface area contributed by atoms with Crippen molar-refractivity contribution in [3.8, 4) is 5.75 Å². The molecule has 1 saturated heterocycles. The maximum Gasteiger partial charge on any atom is 0.419 e. The molecule has 234 valence electrons. The molecule has 1 amide bonds. The van der Waals surface area contributed by atoms with Crippen molar-refractivity contribution in [2.45, 2.75) is 48.8 Å². The summed E-state index contributed by atoms with van der Waals surface area (Å²) in [5.41, 5.74) is -3.67. The Morgan fingerprint density at radius 1 is 0.857 bits per heavy atom. The standard InChI is InChI=1S/C26H30F6N2O6S2/c1-24(2,10-5-15-40-22-16-18(25(27,28)29)8-9-21(22)26(30,31)32)23(35)33-11-13-34(14-12-33)42(38,39)20-7-4-6-19(17-20)41(3,36)37/h4,6-9,16-17H,5,10-15H2,1-3H3. The molecule has 1 aliphatic heterocycles. The van der Waals surface area contributed by atoms with Crippen molar-refractivity contribution in [2.24, 2.45) is 5.41 Å². The van der Waals surface area contributed by atoms with Crippen LogP contribution in [-0.2, 0) is 37.0 Å². The van der Waals surface area contributed by atoms with Gasteiger partial charge in [0.15, 0.2) is 9.84 Å². The summed E-state index contributed by atoms with van der Waals surface area (Å²) in [5, 5.41) is 0. The molecule has 8 nitrogen and oxygen atoms in total. The zero-order valence-electron chi connectivity index (χ0n) is 22.9. The van der Waals surface area contributed by atoms with Crippen LogP contribution in [0, 0.1) is 5.41 Å². The van der Waals surface area contributed by atoms with Crippen LogP contribution in [0.4, 0.5) is 26.3 Å². The molecule has 2 aromatic carbocycles. The third-order valence-corrected chi connectivity index (χ3v) is 9.80. The Morgan fingerprint density at radius 2 is 1.45 bits per heavy atom. The van der Waals surface area contributed by atoms with E-state index >= 15 is 0 Å². The van der Waals surface area contributed by atoms with E-state index in [0.29, 0.717) is 18.2 Å². The average Bonchev–Trinajstić information content (AvgIpc) is 2.89. The summed E-state index contributed by atoms with van der Waals surface area (Å²) in [5.74, 6) is -1.30. The van der Waals surface area contributed by atoms with E-state index < -0.39 is 54.5 Å². The summed E-state index contributed by atoms with van der Waals surface area (Å²) in [4.78, 5) is 14.3. The van der Waals surface area contributed by atoms with Gasteiger partial charge in [-0.15, -0.1) is 0 Å². The number of hydrogen-bond acceptors (Lipinski definition) is 6. The van der Waals surface area contributed by atoms with Gasteiger partial charge in [-0.3, -0.25) is 4.79 Å². The van der Waals surface area contributed by atoms with Crippen molar-refractivity contribution in [3.05, 3.63) is 53.6 Å². The molecule has 16 heteroatoms. The van der Waals surface area contributed by atoms with Gasteiger partial charge >= 0.3 is 12.4 Å². The minimum atomic E-state index is -4.93. The van der Waals surface area contributed by atoms with Crippen molar-refractivity contribution in [1.82, 2.24) is 9.21 Å². The van der Waals surface area contributed by atoms with Gasteiger partial charge in [0.1, 0.15) is 5.75 Å².